The van der Waals surface area contributed by atoms with Crippen molar-refractivity contribution in [3.8, 4) is 0 Å². The first-order chi connectivity index (χ1) is 11.8. The van der Waals surface area contributed by atoms with Crippen LogP contribution in [0.25, 0.3) is 0 Å². The Morgan fingerprint density at radius 3 is 2.44 bits per heavy atom. The number of sulfonamides is 1. The van der Waals surface area contributed by atoms with Gasteiger partial charge in [0.25, 0.3) is 10.0 Å². The molecule has 136 valence electrons. The van der Waals surface area contributed by atoms with Crippen molar-refractivity contribution in [2.75, 3.05) is 4.72 Å². The van der Waals surface area contributed by atoms with Gasteiger partial charge >= 0.3 is 0 Å². The Morgan fingerprint density at radius 1 is 1.20 bits per heavy atom. The van der Waals surface area contributed by atoms with Crippen LogP contribution in [0.4, 0.5) is 5.69 Å². The molecule has 0 radical (unpaired) electrons. The number of anilines is 1. The summed E-state index contributed by atoms with van der Waals surface area (Å²) in [5, 5.41) is 0. The van der Waals surface area contributed by atoms with Crippen molar-refractivity contribution in [3.05, 3.63) is 45.6 Å². The van der Waals surface area contributed by atoms with Gasteiger partial charge in [0, 0.05) is 21.5 Å². The molecule has 1 aliphatic heterocycles. The number of hydrazine groups is 1. The minimum atomic E-state index is -3.59. The van der Waals surface area contributed by atoms with E-state index in [9.17, 15) is 8.42 Å². The molecule has 0 bridgehead atoms. The van der Waals surface area contributed by atoms with Gasteiger partial charge in [0.2, 0.25) is 0 Å². The van der Waals surface area contributed by atoms with Crippen LogP contribution in [0.1, 0.15) is 54.5 Å². The van der Waals surface area contributed by atoms with Crippen molar-refractivity contribution < 1.29 is 8.42 Å². The van der Waals surface area contributed by atoms with Gasteiger partial charge in [-0.05, 0) is 49.9 Å². The third-order valence-corrected chi connectivity index (χ3v) is 7.25. The molecule has 2 aromatic rings. The van der Waals surface area contributed by atoms with Gasteiger partial charge < -0.3 is 0 Å². The lowest BCUT2D eigenvalue weighted by molar-refractivity contribution is 0.564. The Bertz CT molecular complexity index is 842. The number of hydrogen-bond donors (Lipinski definition) is 3. The molecule has 0 aliphatic carbocycles. The summed E-state index contributed by atoms with van der Waals surface area (Å²) < 4.78 is 28.3. The van der Waals surface area contributed by atoms with E-state index in [2.05, 4.69) is 36.3 Å². The average Bonchev–Trinajstić information content (AvgIpc) is 3.13. The number of aryl methyl sites for hydroxylation is 1. The molecule has 2 atom stereocenters. The first-order valence-electron chi connectivity index (χ1n) is 8.50. The monoisotopic (exact) mass is 379 g/mol. The van der Waals surface area contributed by atoms with Crippen molar-refractivity contribution in [1.29, 1.82) is 0 Å². The Hall–Kier alpha value is -1.41. The van der Waals surface area contributed by atoms with E-state index in [1.165, 1.54) is 16.9 Å². The second kappa shape index (κ2) is 7.07. The molecule has 2 unspecified atom stereocenters. The van der Waals surface area contributed by atoms with Crippen molar-refractivity contribution in [2.45, 2.75) is 57.0 Å². The van der Waals surface area contributed by atoms with Gasteiger partial charge in [0.1, 0.15) is 4.90 Å². The first kappa shape index (κ1) is 18.4. The molecule has 1 saturated heterocycles. The fourth-order valence-electron chi connectivity index (χ4n) is 2.97. The van der Waals surface area contributed by atoms with Crippen molar-refractivity contribution in [3.63, 3.8) is 0 Å². The molecule has 1 aliphatic rings. The first-order valence-corrected chi connectivity index (χ1v) is 10.8. The smallest absolute Gasteiger partial charge is 0.263 e. The van der Waals surface area contributed by atoms with Crippen LogP contribution in [0, 0.1) is 6.92 Å². The molecule has 0 amide bonds. The van der Waals surface area contributed by atoms with Crippen LogP contribution < -0.4 is 15.6 Å². The highest BCUT2D eigenvalue weighted by Gasteiger charge is 2.27. The van der Waals surface area contributed by atoms with E-state index in [1.54, 1.807) is 6.07 Å². The van der Waals surface area contributed by atoms with E-state index >= 15 is 0 Å². The summed E-state index contributed by atoms with van der Waals surface area (Å²) in [6.45, 7) is 8.19. The maximum atomic E-state index is 12.8. The molecule has 0 spiro atoms. The van der Waals surface area contributed by atoms with Crippen LogP contribution >= 0.6 is 11.3 Å². The maximum Gasteiger partial charge on any atom is 0.263 e. The quantitative estimate of drug-likeness (QED) is 0.737. The van der Waals surface area contributed by atoms with Crippen molar-refractivity contribution in [2.24, 2.45) is 0 Å². The number of hydrogen-bond acceptors (Lipinski definition) is 5. The minimum absolute atomic E-state index is 0.160. The molecule has 0 saturated carbocycles. The molecule has 3 N–H and O–H groups in total. The summed E-state index contributed by atoms with van der Waals surface area (Å²) in [4.78, 5) is 2.22. The van der Waals surface area contributed by atoms with E-state index in [-0.39, 0.29) is 6.04 Å². The summed E-state index contributed by atoms with van der Waals surface area (Å²) in [6.07, 6.45) is 0.948. The van der Waals surface area contributed by atoms with Gasteiger partial charge in [-0.15, -0.1) is 11.3 Å². The van der Waals surface area contributed by atoms with Crippen molar-refractivity contribution in [1.82, 2.24) is 10.9 Å². The Kier molecular flexibility index (Phi) is 5.20. The zero-order valence-electron chi connectivity index (χ0n) is 15.0. The van der Waals surface area contributed by atoms with Crippen LogP contribution in [0.5, 0.6) is 0 Å². The van der Waals surface area contributed by atoms with Crippen LogP contribution in [-0.4, -0.2) is 14.5 Å². The molecule has 1 aromatic heterocycles. The molecule has 7 heteroatoms. The summed E-state index contributed by atoms with van der Waals surface area (Å²) >= 11 is 1.54. The topological polar surface area (TPSA) is 70.2 Å². The van der Waals surface area contributed by atoms with Crippen LogP contribution in [-0.2, 0) is 10.0 Å². The predicted octanol–water partition coefficient (Wildman–Crippen LogP) is 3.91. The largest absolute Gasteiger partial charge is 0.280 e. The zero-order valence-corrected chi connectivity index (χ0v) is 16.6. The van der Waals surface area contributed by atoms with Gasteiger partial charge in [-0.3, -0.25) is 10.1 Å². The van der Waals surface area contributed by atoms with E-state index in [1.807, 2.05) is 31.2 Å². The molecule has 2 heterocycles. The second-order valence-electron chi connectivity index (χ2n) is 6.93. The minimum Gasteiger partial charge on any atom is -0.280 e. The highest BCUT2D eigenvalue weighted by atomic mass is 32.2. The van der Waals surface area contributed by atoms with Gasteiger partial charge in [-0.2, -0.15) is 0 Å². The fraction of sp³-hybridized carbons (Fsp3) is 0.444. The molecule has 25 heavy (non-hydrogen) atoms. The SMILES string of the molecule is Cc1sc(C2CC(C)NN2)cc1S(=O)(=O)Nc1ccc(C(C)C)cc1. The lowest BCUT2D eigenvalue weighted by Crippen LogP contribution is -2.28. The normalized spacial score (nSPS) is 21.0. The lowest BCUT2D eigenvalue weighted by Gasteiger charge is -2.10. The highest BCUT2D eigenvalue weighted by molar-refractivity contribution is 7.93. The molecular formula is C18H25N3O2S2. The summed E-state index contributed by atoms with van der Waals surface area (Å²) in [7, 11) is -3.59. The van der Waals surface area contributed by atoms with E-state index in [4.69, 9.17) is 0 Å². The Morgan fingerprint density at radius 2 is 1.88 bits per heavy atom. The highest BCUT2D eigenvalue weighted by Crippen LogP contribution is 2.34. The molecule has 5 nitrogen and oxygen atoms in total. The second-order valence-corrected chi connectivity index (χ2v) is 9.87. The van der Waals surface area contributed by atoms with Crippen LogP contribution in [0.2, 0.25) is 0 Å². The third-order valence-electron chi connectivity index (χ3n) is 4.45. The number of benzene rings is 1. The molecule has 1 aromatic carbocycles. The van der Waals surface area contributed by atoms with Gasteiger partial charge in [-0.25, -0.2) is 13.8 Å². The fourth-order valence-corrected chi connectivity index (χ4v) is 5.71. The van der Waals surface area contributed by atoms with Crippen LogP contribution in [0.3, 0.4) is 0 Å². The standard InChI is InChI=1S/C18H25N3O2S2/c1-11(2)14-5-7-15(8-6-14)21-25(22,23)18-10-17(24-13(18)4)16-9-12(3)19-20-16/h5-8,10-12,16,19-21H,9H2,1-4H3. The van der Waals surface area contributed by atoms with Gasteiger partial charge in [0.15, 0.2) is 0 Å². The average molecular weight is 380 g/mol. The zero-order chi connectivity index (χ0) is 18.2. The number of thiophene rings is 1. The molecule has 3 rings (SSSR count). The predicted molar refractivity (Wildman–Crippen MR) is 103 cm³/mol. The summed E-state index contributed by atoms with van der Waals surface area (Å²) in [5.41, 5.74) is 8.18. The van der Waals surface area contributed by atoms with E-state index in [0.29, 0.717) is 22.5 Å². The maximum absolute atomic E-state index is 12.8. The Labute approximate surface area is 153 Å². The van der Waals surface area contributed by atoms with Gasteiger partial charge in [-0.1, -0.05) is 26.0 Å². The Balaban J connectivity index is 1.81. The summed E-state index contributed by atoms with van der Waals surface area (Å²) in [5.74, 6) is 0.419. The van der Waals surface area contributed by atoms with Crippen LogP contribution in [0.15, 0.2) is 35.2 Å². The summed E-state index contributed by atoms with van der Waals surface area (Å²) in [6, 6.07) is 9.90. The van der Waals surface area contributed by atoms with Gasteiger partial charge in [0.05, 0.1) is 6.04 Å². The molecule has 1 fully saturated rings. The number of rotatable bonds is 5. The van der Waals surface area contributed by atoms with E-state index < -0.39 is 10.0 Å². The number of nitrogens with one attached hydrogen (secondary N) is 3. The lowest BCUT2D eigenvalue weighted by atomic mass is 10.0. The molecular weight excluding hydrogens is 354 g/mol. The van der Waals surface area contributed by atoms with E-state index in [0.717, 1.165) is 16.2 Å². The third kappa shape index (κ3) is 4.06. The van der Waals surface area contributed by atoms with Crippen molar-refractivity contribution >= 4 is 27.0 Å².